The monoisotopic (exact) mass is 436 g/mol. The Balaban J connectivity index is 1.97. The number of hydrogen-bond acceptors (Lipinski definition) is 6. The molecule has 0 fully saturated rings. The van der Waals surface area contributed by atoms with Gasteiger partial charge in [0.15, 0.2) is 9.84 Å². The number of thiocarbonyl (C=S) groups is 1. The van der Waals surface area contributed by atoms with E-state index in [9.17, 15) is 13.2 Å². The van der Waals surface area contributed by atoms with Crippen LogP contribution in [0, 0.1) is 0 Å². The third-order valence-electron chi connectivity index (χ3n) is 4.03. The number of carbonyl (C=O) groups is 1. The van der Waals surface area contributed by atoms with Gasteiger partial charge in [0.05, 0.1) is 11.5 Å². The molecule has 150 valence electrons. The van der Waals surface area contributed by atoms with Gasteiger partial charge in [0.1, 0.15) is 11.5 Å². The fourth-order valence-electron chi connectivity index (χ4n) is 2.68. The van der Waals surface area contributed by atoms with Gasteiger partial charge in [0.25, 0.3) is 0 Å². The summed E-state index contributed by atoms with van der Waals surface area (Å²) in [4.78, 5) is 12.5. The zero-order valence-corrected chi connectivity index (χ0v) is 18.2. The first-order chi connectivity index (χ1) is 13.4. The van der Waals surface area contributed by atoms with Gasteiger partial charge >= 0.3 is 0 Å². The number of benzene rings is 2. The van der Waals surface area contributed by atoms with Crippen LogP contribution in [0.3, 0.4) is 0 Å². The summed E-state index contributed by atoms with van der Waals surface area (Å²) in [5.41, 5.74) is 1.14. The first-order valence-corrected chi connectivity index (χ1v) is 12.0. The van der Waals surface area contributed by atoms with Crippen molar-refractivity contribution in [3.05, 3.63) is 66.2 Å². The second-order valence-electron chi connectivity index (χ2n) is 6.26. The van der Waals surface area contributed by atoms with Crippen LogP contribution in [-0.2, 0) is 25.8 Å². The van der Waals surface area contributed by atoms with Gasteiger partial charge in [0, 0.05) is 11.7 Å². The predicted molar refractivity (Wildman–Crippen MR) is 118 cm³/mol. The van der Waals surface area contributed by atoms with E-state index in [0.29, 0.717) is 17.4 Å². The largest absolute Gasteiger partial charge is 0.479 e. The van der Waals surface area contributed by atoms with Crippen LogP contribution in [0.25, 0.3) is 0 Å². The highest BCUT2D eigenvalue weighted by atomic mass is 32.2. The molecular weight excluding hydrogens is 412 g/mol. The van der Waals surface area contributed by atoms with Gasteiger partial charge in [-0.05, 0) is 49.7 Å². The zero-order chi connectivity index (χ0) is 20.4. The van der Waals surface area contributed by atoms with Crippen LogP contribution < -0.4 is 0 Å². The number of ether oxygens (including phenoxy) is 1. The Morgan fingerprint density at radius 3 is 2.29 bits per heavy atom. The minimum absolute atomic E-state index is 0.0461. The van der Waals surface area contributed by atoms with Crippen molar-refractivity contribution < 1.29 is 17.9 Å². The van der Waals surface area contributed by atoms with Crippen molar-refractivity contribution in [3.63, 3.8) is 0 Å². The van der Waals surface area contributed by atoms with Crippen molar-refractivity contribution in [3.8, 4) is 0 Å². The number of thioether (sulfide) groups is 1. The van der Waals surface area contributed by atoms with Crippen LogP contribution in [0.5, 0.6) is 0 Å². The molecule has 0 spiro atoms. The van der Waals surface area contributed by atoms with Crippen molar-refractivity contribution in [1.29, 1.82) is 0 Å². The van der Waals surface area contributed by atoms with Crippen LogP contribution in [0.4, 0.5) is 0 Å². The molecule has 0 bridgehead atoms. The van der Waals surface area contributed by atoms with Gasteiger partial charge < -0.3 is 4.74 Å². The Labute approximate surface area is 176 Å². The molecule has 0 saturated heterocycles. The molecule has 2 aromatic rings. The molecule has 0 radical (unpaired) electrons. The molecular formula is C21H24O4S3. The number of carbonyl (C=O) groups excluding carboxylic acids is 1. The molecule has 2 rings (SSSR count). The van der Waals surface area contributed by atoms with Gasteiger partial charge in [0.2, 0.25) is 4.38 Å². The molecule has 0 heterocycles. The van der Waals surface area contributed by atoms with Crippen molar-refractivity contribution in [1.82, 2.24) is 0 Å². The Kier molecular flexibility index (Phi) is 9.15. The van der Waals surface area contributed by atoms with E-state index in [1.165, 1.54) is 23.9 Å². The molecule has 0 aliphatic rings. The summed E-state index contributed by atoms with van der Waals surface area (Å²) in [7, 11) is -3.60. The summed E-state index contributed by atoms with van der Waals surface area (Å²) in [5.74, 6) is -0.764. The number of hydrogen-bond donors (Lipinski definition) is 0. The van der Waals surface area contributed by atoms with Crippen LogP contribution in [-0.4, -0.2) is 36.2 Å². The summed E-state index contributed by atoms with van der Waals surface area (Å²) in [6.07, 6.45) is 1.46. The first-order valence-electron chi connectivity index (χ1n) is 9.07. The van der Waals surface area contributed by atoms with Crippen LogP contribution in [0.2, 0.25) is 0 Å². The molecule has 0 aromatic heterocycles. The lowest BCUT2D eigenvalue weighted by molar-refractivity contribution is -0.116. The maximum Gasteiger partial charge on any atom is 0.220 e. The first kappa shape index (κ1) is 22.6. The Bertz CT molecular complexity index is 865. The van der Waals surface area contributed by atoms with E-state index < -0.39 is 15.6 Å². The molecule has 4 nitrogen and oxygen atoms in total. The Hall–Kier alpha value is -1.70. The van der Waals surface area contributed by atoms with Crippen LogP contribution in [0.15, 0.2) is 65.6 Å². The van der Waals surface area contributed by atoms with E-state index in [0.717, 1.165) is 12.0 Å². The number of Topliss-reactive ketones (excluding diaryl/α,β-unsaturated/α-hetero) is 1. The second kappa shape index (κ2) is 11.3. The lowest BCUT2D eigenvalue weighted by atomic mass is 10.1. The van der Waals surface area contributed by atoms with E-state index in [1.54, 1.807) is 18.2 Å². The maximum atomic E-state index is 12.4. The van der Waals surface area contributed by atoms with E-state index in [4.69, 9.17) is 17.0 Å². The molecule has 0 aliphatic heterocycles. The Morgan fingerprint density at radius 2 is 1.68 bits per heavy atom. The van der Waals surface area contributed by atoms with Gasteiger partial charge in [-0.15, -0.1) is 0 Å². The fourth-order valence-corrected chi connectivity index (χ4v) is 5.49. The van der Waals surface area contributed by atoms with Gasteiger partial charge in [-0.1, -0.05) is 60.3 Å². The summed E-state index contributed by atoms with van der Waals surface area (Å²) in [6.45, 7) is 2.37. The normalized spacial score (nSPS) is 12.3. The topological polar surface area (TPSA) is 60.4 Å². The molecule has 1 atom stereocenters. The van der Waals surface area contributed by atoms with E-state index >= 15 is 0 Å². The molecule has 0 N–H and O–H groups in total. The van der Waals surface area contributed by atoms with E-state index in [-0.39, 0.29) is 22.3 Å². The van der Waals surface area contributed by atoms with Crippen LogP contribution >= 0.6 is 24.0 Å². The molecule has 28 heavy (non-hydrogen) atoms. The van der Waals surface area contributed by atoms with Crippen molar-refractivity contribution in [2.75, 3.05) is 12.4 Å². The smallest absolute Gasteiger partial charge is 0.220 e. The minimum atomic E-state index is -3.60. The summed E-state index contributed by atoms with van der Waals surface area (Å²) in [6, 6.07) is 18.0. The van der Waals surface area contributed by atoms with Gasteiger partial charge in [-0.3, -0.25) is 4.79 Å². The SMILES string of the molecule is CCOC(=S)SC(CCC(=O)CS(=O)(=O)c1ccccc1)Cc1ccccc1. The molecule has 2 aromatic carbocycles. The summed E-state index contributed by atoms with van der Waals surface area (Å²) >= 11 is 6.67. The maximum absolute atomic E-state index is 12.4. The van der Waals surface area contributed by atoms with Crippen LogP contribution in [0.1, 0.15) is 25.3 Å². The minimum Gasteiger partial charge on any atom is -0.479 e. The predicted octanol–water partition coefficient (Wildman–Crippen LogP) is 4.48. The second-order valence-corrected chi connectivity index (χ2v) is 10.2. The molecule has 7 heteroatoms. The van der Waals surface area contributed by atoms with Crippen molar-refractivity contribution in [2.45, 2.75) is 36.3 Å². The van der Waals surface area contributed by atoms with Gasteiger partial charge in [-0.2, -0.15) is 0 Å². The highest BCUT2D eigenvalue weighted by Gasteiger charge is 2.21. The number of sulfone groups is 1. The molecule has 0 saturated carbocycles. The average Bonchev–Trinajstić information content (AvgIpc) is 2.67. The fraction of sp³-hybridized carbons (Fsp3) is 0.333. The highest BCUT2D eigenvalue weighted by molar-refractivity contribution is 8.23. The third kappa shape index (κ3) is 7.73. The lowest BCUT2D eigenvalue weighted by Crippen LogP contribution is -2.19. The average molecular weight is 437 g/mol. The number of rotatable bonds is 10. The standard InChI is InChI=1S/C21H24O4S3/c1-2-25-21(26)27-19(15-17-9-5-3-6-10-17)14-13-18(22)16-28(23,24)20-11-7-4-8-12-20/h3-12,19H,2,13-16H2,1H3. The van der Waals surface area contributed by atoms with Crippen molar-refractivity contribution in [2.24, 2.45) is 0 Å². The molecule has 0 amide bonds. The lowest BCUT2D eigenvalue weighted by Gasteiger charge is -2.17. The van der Waals surface area contributed by atoms with Crippen molar-refractivity contribution >= 4 is 44.0 Å². The third-order valence-corrected chi connectivity index (χ3v) is 7.17. The van der Waals surface area contributed by atoms with E-state index in [1.807, 2.05) is 37.3 Å². The summed E-state index contributed by atoms with van der Waals surface area (Å²) in [5, 5.41) is 0.0461. The quantitative estimate of drug-likeness (QED) is 0.512. The zero-order valence-electron chi connectivity index (χ0n) is 15.7. The highest BCUT2D eigenvalue weighted by Crippen LogP contribution is 2.24. The van der Waals surface area contributed by atoms with E-state index in [2.05, 4.69) is 0 Å². The number of ketones is 1. The van der Waals surface area contributed by atoms with Gasteiger partial charge in [-0.25, -0.2) is 8.42 Å². The summed E-state index contributed by atoms with van der Waals surface area (Å²) < 4.78 is 30.6. The molecule has 1 unspecified atom stereocenters. The molecule has 0 aliphatic carbocycles. The Morgan fingerprint density at radius 1 is 1.07 bits per heavy atom.